The summed E-state index contributed by atoms with van der Waals surface area (Å²) in [5, 5.41) is 21.5. The Kier molecular flexibility index (Phi) is 5.40. The number of unbranched alkanes of at least 4 members (excludes halogenated alkanes) is 2. The molecule has 8 nitrogen and oxygen atoms in total. The molecular formula is C15H19N5O3. The zero-order chi connectivity index (χ0) is 16.8. The lowest BCUT2D eigenvalue weighted by Gasteiger charge is -2.05. The van der Waals surface area contributed by atoms with Gasteiger partial charge < -0.3 is 5.32 Å². The van der Waals surface area contributed by atoms with Gasteiger partial charge in [0.1, 0.15) is 0 Å². The lowest BCUT2D eigenvalue weighted by atomic mass is 10.2. The highest BCUT2D eigenvalue weighted by molar-refractivity contribution is 5.93. The van der Waals surface area contributed by atoms with Crippen LogP contribution in [0.25, 0.3) is 5.69 Å². The Hall–Kier alpha value is -2.77. The highest BCUT2D eigenvalue weighted by Gasteiger charge is 2.18. The third-order valence-electron chi connectivity index (χ3n) is 3.46. The van der Waals surface area contributed by atoms with Gasteiger partial charge in [0.05, 0.1) is 16.3 Å². The average molecular weight is 317 g/mol. The monoisotopic (exact) mass is 317 g/mol. The number of nitrogens with one attached hydrogen (secondary N) is 1. The van der Waals surface area contributed by atoms with Gasteiger partial charge in [0, 0.05) is 18.7 Å². The quantitative estimate of drug-likeness (QED) is 0.480. The first-order valence-electron chi connectivity index (χ1n) is 7.50. The molecule has 1 heterocycles. The SMILES string of the molecule is CCCCCNC(=O)c1nnn(-c2cccc([N+](=O)[O-])c2)c1C. The Balaban J connectivity index is 2.17. The zero-order valence-electron chi connectivity index (χ0n) is 13.2. The van der Waals surface area contributed by atoms with Crippen molar-refractivity contribution in [2.45, 2.75) is 33.1 Å². The van der Waals surface area contributed by atoms with Crippen molar-refractivity contribution in [3.05, 3.63) is 45.8 Å². The number of nitro benzene ring substituents is 1. The normalized spacial score (nSPS) is 10.5. The van der Waals surface area contributed by atoms with Gasteiger partial charge in [-0.2, -0.15) is 0 Å². The molecule has 0 spiro atoms. The van der Waals surface area contributed by atoms with E-state index in [0.717, 1.165) is 19.3 Å². The summed E-state index contributed by atoms with van der Waals surface area (Å²) in [6, 6.07) is 6.04. The number of rotatable bonds is 7. The van der Waals surface area contributed by atoms with E-state index in [1.165, 1.54) is 16.8 Å². The number of nitrogens with zero attached hydrogens (tertiary/aromatic N) is 4. The van der Waals surface area contributed by atoms with E-state index in [-0.39, 0.29) is 17.3 Å². The van der Waals surface area contributed by atoms with Crippen molar-refractivity contribution in [1.29, 1.82) is 0 Å². The molecule has 1 aromatic heterocycles. The van der Waals surface area contributed by atoms with Gasteiger partial charge in [-0.05, 0) is 19.4 Å². The fraction of sp³-hybridized carbons (Fsp3) is 0.400. The predicted octanol–water partition coefficient (Wildman–Crippen LogP) is 2.40. The van der Waals surface area contributed by atoms with E-state index < -0.39 is 4.92 Å². The molecule has 0 saturated carbocycles. The van der Waals surface area contributed by atoms with Crippen LogP contribution in [0.2, 0.25) is 0 Å². The molecule has 1 amide bonds. The highest BCUT2D eigenvalue weighted by Crippen LogP contribution is 2.18. The van der Waals surface area contributed by atoms with Crippen LogP contribution < -0.4 is 5.32 Å². The number of carbonyl (C=O) groups is 1. The fourth-order valence-electron chi connectivity index (χ4n) is 2.18. The van der Waals surface area contributed by atoms with Gasteiger partial charge >= 0.3 is 0 Å². The van der Waals surface area contributed by atoms with Crippen LogP contribution in [0.1, 0.15) is 42.4 Å². The van der Waals surface area contributed by atoms with E-state index >= 15 is 0 Å². The van der Waals surface area contributed by atoms with Gasteiger partial charge in [0.2, 0.25) is 0 Å². The first-order chi connectivity index (χ1) is 11.0. The van der Waals surface area contributed by atoms with Gasteiger partial charge in [-0.25, -0.2) is 4.68 Å². The third kappa shape index (κ3) is 3.91. The number of aromatic nitrogens is 3. The van der Waals surface area contributed by atoms with Crippen molar-refractivity contribution in [2.75, 3.05) is 6.54 Å². The van der Waals surface area contributed by atoms with Crippen LogP contribution >= 0.6 is 0 Å². The van der Waals surface area contributed by atoms with Crippen LogP contribution in [-0.4, -0.2) is 32.4 Å². The molecule has 2 aromatic rings. The average Bonchev–Trinajstić information content (AvgIpc) is 2.93. The smallest absolute Gasteiger partial charge is 0.273 e. The summed E-state index contributed by atoms with van der Waals surface area (Å²) in [5.41, 5.74) is 1.23. The van der Waals surface area contributed by atoms with E-state index in [1.807, 2.05) is 0 Å². The molecule has 8 heteroatoms. The molecule has 0 radical (unpaired) electrons. The number of non-ortho nitro benzene ring substituents is 1. The first-order valence-corrected chi connectivity index (χ1v) is 7.50. The van der Waals surface area contributed by atoms with E-state index in [1.54, 1.807) is 19.1 Å². The molecule has 0 fully saturated rings. The second-order valence-electron chi connectivity index (χ2n) is 5.18. The molecule has 0 aliphatic carbocycles. The van der Waals surface area contributed by atoms with Crippen molar-refractivity contribution in [2.24, 2.45) is 0 Å². The largest absolute Gasteiger partial charge is 0.351 e. The molecule has 0 atom stereocenters. The van der Waals surface area contributed by atoms with Crippen LogP contribution in [0, 0.1) is 17.0 Å². The molecule has 0 saturated heterocycles. The van der Waals surface area contributed by atoms with Crippen molar-refractivity contribution >= 4 is 11.6 Å². The molecule has 0 aliphatic rings. The Labute approximate surface area is 133 Å². The minimum absolute atomic E-state index is 0.0389. The molecule has 0 aliphatic heterocycles. The molecule has 1 aromatic carbocycles. The standard InChI is InChI=1S/C15H19N5O3/c1-3-4-5-9-16-15(21)14-11(2)19(18-17-14)12-7-6-8-13(10-12)20(22)23/h6-8,10H,3-5,9H2,1-2H3,(H,16,21). The number of amides is 1. The van der Waals surface area contributed by atoms with Gasteiger partial charge in [0.15, 0.2) is 5.69 Å². The fourth-order valence-corrected chi connectivity index (χ4v) is 2.18. The maximum atomic E-state index is 12.1. The number of benzene rings is 1. The minimum Gasteiger partial charge on any atom is -0.351 e. The number of nitro groups is 1. The Morgan fingerprint density at radius 1 is 1.39 bits per heavy atom. The molecule has 1 N–H and O–H groups in total. The Bertz CT molecular complexity index is 711. The van der Waals surface area contributed by atoms with E-state index in [4.69, 9.17) is 0 Å². The second-order valence-corrected chi connectivity index (χ2v) is 5.18. The van der Waals surface area contributed by atoms with Crippen molar-refractivity contribution < 1.29 is 9.72 Å². The van der Waals surface area contributed by atoms with Crippen LogP contribution in [0.15, 0.2) is 24.3 Å². The maximum absolute atomic E-state index is 12.1. The topological polar surface area (TPSA) is 103 Å². The Morgan fingerprint density at radius 3 is 2.87 bits per heavy atom. The van der Waals surface area contributed by atoms with Crippen molar-refractivity contribution in [3.63, 3.8) is 0 Å². The van der Waals surface area contributed by atoms with Gasteiger partial charge in [-0.1, -0.05) is 31.0 Å². The van der Waals surface area contributed by atoms with Gasteiger partial charge in [-0.3, -0.25) is 14.9 Å². The molecule has 0 bridgehead atoms. The van der Waals surface area contributed by atoms with E-state index in [9.17, 15) is 14.9 Å². The minimum atomic E-state index is -0.475. The summed E-state index contributed by atoms with van der Waals surface area (Å²) in [6.07, 6.45) is 3.05. The molecule has 122 valence electrons. The third-order valence-corrected chi connectivity index (χ3v) is 3.46. The molecule has 0 unspecified atom stereocenters. The summed E-state index contributed by atoms with van der Waals surface area (Å²) in [7, 11) is 0. The molecule has 2 rings (SSSR count). The summed E-state index contributed by atoms with van der Waals surface area (Å²) in [5.74, 6) is -0.282. The first kappa shape index (κ1) is 16.6. The Morgan fingerprint density at radius 2 is 2.17 bits per heavy atom. The predicted molar refractivity (Wildman–Crippen MR) is 84.6 cm³/mol. The zero-order valence-corrected chi connectivity index (χ0v) is 13.2. The highest BCUT2D eigenvalue weighted by atomic mass is 16.6. The van der Waals surface area contributed by atoms with Gasteiger partial charge in [0.25, 0.3) is 11.6 Å². The number of hydrogen-bond acceptors (Lipinski definition) is 5. The lowest BCUT2D eigenvalue weighted by molar-refractivity contribution is -0.384. The summed E-state index contributed by atoms with van der Waals surface area (Å²) >= 11 is 0. The lowest BCUT2D eigenvalue weighted by Crippen LogP contribution is -2.25. The van der Waals surface area contributed by atoms with Crippen molar-refractivity contribution in [3.8, 4) is 5.69 Å². The van der Waals surface area contributed by atoms with Gasteiger partial charge in [-0.15, -0.1) is 5.10 Å². The summed E-state index contributed by atoms with van der Waals surface area (Å²) in [4.78, 5) is 22.5. The van der Waals surface area contributed by atoms with Crippen LogP contribution in [-0.2, 0) is 0 Å². The summed E-state index contributed by atoms with van der Waals surface area (Å²) < 4.78 is 1.42. The second kappa shape index (κ2) is 7.48. The number of carbonyl (C=O) groups excluding carboxylic acids is 1. The van der Waals surface area contributed by atoms with E-state index in [0.29, 0.717) is 17.9 Å². The maximum Gasteiger partial charge on any atom is 0.273 e. The van der Waals surface area contributed by atoms with Crippen LogP contribution in [0.4, 0.5) is 5.69 Å². The molecule has 23 heavy (non-hydrogen) atoms. The van der Waals surface area contributed by atoms with Crippen molar-refractivity contribution in [1.82, 2.24) is 20.3 Å². The van der Waals surface area contributed by atoms with Crippen LogP contribution in [0.5, 0.6) is 0 Å². The summed E-state index contributed by atoms with van der Waals surface area (Å²) in [6.45, 7) is 4.40. The molecular weight excluding hydrogens is 298 g/mol. The van der Waals surface area contributed by atoms with E-state index in [2.05, 4.69) is 22.6 Å². The number of hydrogen-bond donors (Lipinski definition) is 1. The van der Waals surface area contributed by atoms with Crippen LogP contribution in [0.3, 0.4) is 0 Å².